The van der Waals surface area contributed by atoms with Crippen molar-refractivity contribution in [3.63, 3.8) is 0 Å². The number of pyridine rings is 1. The molecule has 1 saturated heterocycles. The van der Waals surface area contributed by atoms with Crippen LogP contribution in [-0.4, -0.2) is 43.7 Å². The molecular weight excluding hydrogens is 304 g/mol. The fraction of sp³-hybridized carbons (Fsp3) is 0.667. The standard InChI is InChI=1S/C18H28N4O2/c19-14-18(6-2-1-3-7-18)12-17(23)21-15-4-5-16(20-13-15)22-8-10-24-11-9-22/h4-5,13H,1-3,6-12,14,19H2,(H,21,23). The normalized spacial score (nSPS) is 20.6. The summed E-state index contributed by atoms with van der Waals surface area (Å²) in [4.78, 5) is 19.1. The van der Waals surface area contributed by atoms with Gasteiger partial charge in [-0.1, -0.05) is 19.3 Å². The minimum absolute atomic E-state index is 0.0104. The second kappa shape index (κ2) is 7.94. The molecule has 1 aliphatic heterocycles. The molecule has 2 heterocycles. The second-order valence-electron chi connectivity index (χ2n) is 6.99. The van der Waals surface area contributed by atoms with Crippen LogP contribution in [0, 0.1) is 5.41 Å². The third-order valence-electron chi connectivity index (χ3n) is 5.25. The Labute approximate surface area is 143 Å². The molecule has 24 heavy (non-hydrogen) atoms. The van der Waals surface area contributed by atoms with E-state index in [0.29, 0.717) is 13.0 Å². The number of carbonyl (C=O) groups is 1. The first-order valence-corrected chi connectivity index (χ1v) is 8.99. The summed E-state index contributed by atoms with van der Waals surface area (Å²) in [6.07, 6.45) is 7.99. The Morgan fingerprint density at radius 3 is 2.62 bits per heavy atom. The molecular formula is C18H28N4O2. The van der Waals surface area contributed by atoms with Gasteiger partial charge in [-0.05, 0) is 36.9 Å². The average Bonchev–Trinajstić information content (AvgIpc) is 2.64. The lowest BCUT2D eigenvalue weighted by molar-refractivity contribution is -0.118. The maximum atomic E-state index is 12.4. The molecule has 0 spiro atoms. The zero-order chi connectivity index (χ0) is 16.8. The highest BCUT2D eigenvalue weighted by molar-refractivity contribution is 5.91. The number of aromatic nitrogens is 1. The molecule has 0 aromatic carbocycles. The summed E-state index contributed by atoms with van der Waals surface area (Å²) in [6, 6.07) is 3.88. The van der Waals surface area contributed by atoms with Gasteiger partial charge in [0.25, 0.3) is 0 Å². The highest BCUT2D eigenvalue weighted by Crippen LogP contribution is 2.38. The molecule has 3 rings (SSSR count). The van der Waals surface area contributed by atoms with Gasteiger partial charge in [0, 0.05) is 19.5 Å². The van der Waals surface area contributed by atoms with Gasteiger partial charge in [0.05, 0.1) is 25.1 Å². The minimum atomic E-state index is -0.0104. The van der Waals surface area contributed by atoms with Crippen LogP contribution in [0.15, 0.2) is 18.3 Å². The van der Waals surface area contributed by atoms with Crippen LogP contribution in [0.2, 0.25) is 0 Å². The molecule has 2 aliphatic rings. The maximum absolute atomic E-state index is 12.4. The number of anilines is 2. The lowest BCUT2D eigenvalue weighted by Crippen LogP contribution is -2.37. The molecule has 0 unspecified atom stereocenters. The van der Waals surface area contributed by atoms with Crippen LogP contribution < -0.4 is 16.0 Å². The summed E-state index contributed by atoms with van der Waals surface area (Å²) in [5, 5.41) is 2.98. The molecule has 3 N–H and O–H groups in total. The number of nitrogens with two attached hydrogens (primary N) is 1. The molecule has 6 heteroatoms. The van der Waals surface area contributed by atoms with Gasteiger partial charge in [-0.2, -0.15) is 0 Å². The molecule has 1 amide bonds. The van der Waals surface area contributed by atoms with E-state index in [0.717, 1.165) is 50.7 Å². The van der Waals surface area contributed by atoms with Gasteiger partial charge in [0.2, 0.25) is 5.91 Å². The van der Waals surface area contributed by atoms with E-state index in [-0.39, 0.29) is 11.3 Å². The highest BCUT2D eigenvalue weighted by Gasteiger charge is 2.32. The molecule has 0 radical (unpaired) electrons. The molecule has 132 valence electrons. The Hall–Kier alpha value is -1.66. The van der Waals surface area contributed by atoms with E-state index < -0.39 is 0 Å². The lowest BCUT2D eigenvalue weighted by Gasteiger charge is -2.35. The van der Waals surface area contributed by atoms with Crippen molar-refractivity contribution in [3.05, 3.63) is 18.3 Å². The lowest BCUT2D eigenvalue weighted by atomic mass is 9.71. The molecule has 0 atom stereocenters. The van der Waals surface area contributed by atoms with Crippen LogP contribution in [0.4, 0.5) is 11.5 Å². The monoisotopic (exact) mass is 332 g/mol. The van der Waals surface area contributed by atoms with Gasteiger partial charge >= 0.3 is 0 Å². The number of rotatable bonds is 5. The molecule has 1 aromatic heterocycles. The number of nitrogens with one attached hydrogen (secondary N) is 1. The topological polar surface area (TPSA) is 80.5 Å². The quantitative estimate of drug-likeness (QED) is 0.863. The largest absolute Gasteiger partial charge is 0.378 e. The highest BCUT2D eigenvalue weighted by atomic mass is 16.5. The zero-order valence-corrected chi connectivity index (χ0v) is 14.3. The number of amides is 1. The van der Waals surface area contributed by atoms with Crippen molar-refractivity contribution < 1.29 is 9.53 Å². The minimum Gasteiger partial charge on any atom is -0.378 e. The molecule has 2 fully saturated rings. The van der Waals surface area contributed by atoms with Gasteiger partial charge in [0.1, 0.15) is 5.82 Å². The average molecular weight is 332 g/mol. The Morgan fingerprint density at radius 2 is 2.00 bits per heavy atom. The predicted molar refractivity (Wildman–Crippen MR) is 95.1 cm³/mol. The van der Waals surface area contributed by atoms with Crippen molar-refractivity contribution in [3.8, 4) is 0 Å². The van der Waals surface area contributed by atoms with Crippen molar-refractivity contribution in [1.82, 2.24) is 4.98 Å². The van der Waals surface area contributed by atoms with Crippen LogP contribution in [0.25, 0.3) is 0 Å². The number of carbonyl (C=O) groups excluding carboxylic acids is 1. The van der Waals surface area contributed by atoms with Gasteiger partial charge in [-0.3, -0.25) is 4.79 Å². The fourth-order valence-electron chi connectivity index (χ4n) is 3.74. The van der Waals surface area contributed by atoms with Gasteiger partial charge < -0.3 is 20.7 Å². The summed E-state index contributed by atoms with van der Waals surface area (Å²) in [5.74, 6) is 0.977. The van der Waals surface area contributed by atoms with Crippen molar-refractivity contribution >= 4 is 17.4 Å². The summed E-state index contributed by atoms with van der Waals surface area (Å²) < 4.78 is 5.35. The van der Waals surface area contributed by atoms with E-state index in [9.17, 15) is 4.79 Å². The summed E-state index contributed by atoms with van der Waals surface area (Å²) in [5.41, 5.74) is 6.71. The summed E-state index contributed by atoms with van der Waals surface area (Å²) in [7, 11) is 0. The number of nitrogens with zero attached hydrogens (tertiary/aromatic N) is 2. The Kier molecular flexibility index (Phi) is 5.68. The first-order valence-electron chi connectivity index (χ1n) is 8.99. The van der Waals surface area contributed by atoms with E-state index in [2.05, 4.69) is 15.2 Å². The zero-order valence-electron chi connectivity index (χ0n) is 14.3. The number of hydrogen-bond donors (Lipinski definition) is 2. The van der Waals surface area contributed by atoms with Crippen LogP contribution in [-0.2, 0) is 9.53 Å². The smallest absolute Gasteiger partial charge is 0.225 e. The summed E-state index contributed by atoms with van der Waals surface area (Å²) in [6.45, 7) is 3.78. The number of morpholine rings is 1. The first kappa shape index (κ1) is 17.2. The predicted octanol–water partition coefficient (Wildman–Crippen LogP) is 2.16. The Morgan fingerprint density at radius 1 is 1.25 bits per heavy atom. The maximum Gasteiger partial charge on any atom is 0.225 e. The van der Waals surface area contributed by atoms with Crippen LogP contribution in [0.5, 0.6) is 0 Å². The van der Waals surface area contributed by atoms with Gasteiger partial charge in [-0.25, -0.2) is 4.98 Å². The van der Waals surface area contributed by atoms with Gasteiger partial charge in [-0.15, -0.1) is 0 Å². The van der Waals surface area contributed by atoms with Crippen molar-refractivity contribution in [2.45, 2.75) is 38.5 Å². The van der Waals surface area contributed by atoms with Gasteiger partial charge in [0.15, 0.2) is 0 Å². The van der Waals surface area contributed by atoms with Crippen molar-refractivity contribution in [2.24, 2.45) is 11.1 Å². The van der Waals surface area contributed by atoms with E-state index in [1.165, 1.54) is 19.3 Å². The first-order chi connectivity index (χ1) is 11.7. The Balaban J connectivity index is 1.56. The van der Waals surface area contributed by atoms with Crippen LogP contribution in [0.3, 0.4) is 0 Å². The molecule has 6 nitrogen and oxygen atoms in total. The molecule has 1 aromatic rings. The fourth-order valence-corrected chi connectivity index (χ4v) is 3.74. The Bertz CT molecular complexity index is 534. The molecule has 1 aliphatic carbocycles. The van der Waals surface area contributed by atoms with E-state index in [1.54, 1.807) is 6.20 Å². The molecule has 1 saturated carbocycles. The third kappa shape index (κ3) is 4.24. The van der Waals surface area contributed by atoms with E-state index in [4.69, 9.17) is 10.5 Å². The second-order valence-corrected chi connectivity index (χ2v) is 6.99. The van der Waals surface area contributed by atoms with Crippen molar-refractivity contribution in [2.75, 3.05) is 43.1 Å². The molecule has 0 bridgehead atoms. The number of ether oxygens (including phenoxy) is 1. The summed E-state index contributed by atoms with van der Waals surface area (Å²) >= 11 is 0. The van der Waals surface area contributed by atoms with Crippen LogP contribution >= 0.6 is 0 Å². The SMILES string of the molecule is NCC1(CC(=O)Nc2ccc(N3CCOCC3)nc2)CCCCC1. The third-order valence-corrected chi connectivity index (χ3v) is 5.25. The number of hydrogen-bond acceptors (Lipinski definition) is 5. The van der Waals surface area contributed by atoms with E-state index in [1.807, 2.05) is 12.1 Å². The van der Waals surface area contributed by atoms with E-state index >= 15 is 0 Å². The van der Waals surface area contributed by atoms with Crippen molar-refractivity contribution in [1.29, 1.82) is 0 Å². The van der Waals surface area contributed by atoms with Crippen LogP contribution in [0.1, 0.15) is 38.5 Å².